The third-order valence-corrected chi connectivity index (χ3v) is 5.99. The summed E-state index contributed by atoms with van der Waals surface area (Å²) in [5, 5.41) is 3.69. The maximum absolute atomic E-state index is 13.1. The van der Waals surface area contributed by atoms with Crippen LogP contribution in [0.15, 0.2) is 76.4 Å². The fraction of sp³-hybridized carbons (Fsp3) is 0.214. The molecule has 0 unspecified atom stereocenters. The average Bonchev–Trinajstić information content (AvgIpc) is 2.89. The number of benzene rings is 2. The predicted octanol–water partition coefficient (Wildman–Crippen LogP) is 5.15. The molecule has 196 valence electrons. The molecule has 0 aliphatic carbocycles. The minimum Gasteiger partial charge on any atom is -0.462 e. The summed E-state index contributed by atoms with van der Waals surface area (Å²) in [6.07, 6.45) is 1.53. The fourth-order valence-corrected chi connectivity index (χ4v) is 3.94. The van der Waals surface area contributed by atoms with E-state index in [1.807, 2.05) is 19.1 Å². The molecule has 0 fully saturated rings. The summed E-state index contributed by atoms with van der Waals surface area (Å²) < 4.78 is 13.6. The first-order chi connectivity index (χ1) is 18.3. The normalized spacial score (nSPS) is 10.7. The maximum atomic E-state index is 13.1. The van der Waals surface area contributed by atoms with Crippen molar-refractivity contribution in [1.82, 2.24) is 14.1 Å². The molecule has 0 aliphatic rings. The van der Waals surface area contributed by atoms with Crippen molar-refractivity contribution < 1.29 is 14.3 Å². The lowest BCUT2D eigenvalue weighted by molar-refractivity contribution is 0.0526. The number of carbonyl (C=O) groups excluding carboxylic acids is 1. The van der Waals surface area contributed by atoms with E-state index in [9.17, 15) is 14.4 Å². The molecule has 9 nitrogen and oxygen atoms in total. The Labute approximate surface area is 224 Å². The highest BCUT2D eigenvalue weighted by Gasteiger charge is 2.14. The molecule has 0 spiro atoms. The number of carbonyl (C=O) groups is 1. The van der Waals surface area contributed by atoms with E-state index in [1.54, 1.807) is 56.3 Å². The summed E-state index contributed by atoms with van der Waals surface area (Å²) in [5.41, 5.74) is 1.13. The monoisotopic (exact) mass is 534 g/mol. The van der Waals surface area contributed by atoms with E-state index in [1.165, 1.54) is 21.4 Å². The van der Waals surface area contributed by atoms with Crippen molar-refractivity contribution in [3.05, 3.63) is 109 Å². The largest absolute Gasteiger partial charge is 0.462 e. The van der Waals surface area contributed by atoms with E-state index in [0.717, 1.165) is 11.1 Å². The van der Waals surface area contributed by atoms with E-state index in [2.05, 4.69) is 10.3 Å². The van der Waals surface area contributed by atoms with Gasteiger partial charge >= 0.3 is 11.7 Å². The van der Waals surface area contributed by atoms with E-state index in [4.69, 9.17) is 21.1 Å². The minimum atomic E-state index is -0.435. The van der Waals surface area contributed by atoms with Crippen LogP contribution in [0.4, 0.5) is 11.6 Å². The van der Waals surface area contributed by atoms with Crippen molar-refractivity contribution in [3.8, 4) is 11.5 Å². The van der Waals surface area contributed by atoms with Crippen molar-refractivity contribution >= 4 is 29.2 Å². The van der Waals surface area contributed by atoms with Crippen LogP contribution in [0, 0.1) is 6.92 Å². The van der Waals surface area contributed by atoms with Gasteiger partial charge in [0.05, 0.1) is 24.9 Å². The van der Waals surface area contributed by atoms with Crippen molar-refractivity contribution in [1.29, 1.82) is 0 Å². The second-order valence-corrected chi connectivity index (χ2v) is 8.85. The van der Waals surface area contributed by atoms with Crippen LogP contribution in [-0.4, -0.2) is 26.7 Å². The predicted molar refractivity (Wildman–Crippen MR) is 146 cm³/mol. The Morgan fingerprint density at radius 1 is 1.03 bits per heavy atom. The molecule has 0 saturated heterocycles. The van der Waals surface area contributed by atoms with Crippen LogP contribution in [0.2, 0.25) is 5.02 Å². The van der Waals surface area contributed by atoms with Gasteiger partial charge in [-0.3, -0.25) is 13.9 Å². The molecule has 0 amide bonds. The highest BCUT2D eigenvalue weighted by atomic mass is 35.5. The van der Waals surface area contributed by atoms with Crippen molar-refractivity contribution in [2.75, 3.05) is 11.9 Å². The summed E-state index contributed by atoms with van der Waals surface area (Å²) in [4.78, 5) is 42.2. The van der Waals surface area contributed by atoms with Crippen LogP contribution in [0.5, 0.6) is 11.5 Å². The van der Waals surface area contributed by atoms with Crippen LogP contribution in [0.25, 0.3) is 0 Å². The first kappa shape index (κ1) is 26.7. The third kappa shape index (κ3) is 6.12. The third-order valence-electron chi connectivity index (χ3n) is 5.74. The van der Waals surface area contributed by atoms with Gasteiger partial charge in [0.2, 0.25) is 0 Å². The molecule has 38 heavy (non-hydrogen) atoms. The number of aromatic nitrogens is 3. The SMILES string of the molecule is CCOC(=O)c1cccc(Oc2cnc(Nc3cc(=O)n(CC)c(=O)n3Cc3ccc(Cl)cc3)cc2C)c1. The number of nitrogens with one attached hydrogen (secondary N) is 1. The van der Waals surface area contributed by atoms with Gasteiger partial charge in [-0.1, -0.05) is 29.8 Å². The molecule has 0 aliphatic heterocycles. The standard InChI is InChI=1S/C28H27ClN4O5/c1-4-32-26(34)15-25(33(28(32)36)17-19-9-11-21(29)12-10-19)31-24-13-18(3)23(16-30-24)38-22-8-6-7-20(14-22)27(35)37-5-2/h6-16H,4-5,17H2,1-3H3,(H,30,31). The Morgan fingerprint density at radius 2 is 1.79 bits per heavy atom. The number of rotatable bonds is 9. The number of hydrogen-bond acceptors (Lipinski definition) is 7. The van der Waals surface area contributed by atoms with Gasteiger partial charge in [0.1, 0.15) is 23.1 Å². The quantitative estimate of drug-likeness (QED) is 0.296. The zero-order valence-corrected chi connectivity index (χ0v) is 22.0. The van der Waals surface area contributed by atoms with Gasteiger partial charge < -0.3 is 14.8 Å². The molecular weight excluding hydrogens is 508 g/mol. The summed E-state index contributed by atoms with van der Waals surface area (Å²) in [5.74, 6) is 1.25. The second kappa shape index (κ2) is 11.8. The highest BCUT2D eigenvalue weighted by Crippen LogP contribution is 2.27. The molecule has 0 atom stereocenters. The van der Waals surface area contributed by atoms with Gasteiger partial charge in [0.15, 0.2) is 0 Å². The number of halogens is 1. The Morgan fingerprint density at radius 3 is 2.47 bits per heavy atom. The summed E-state index contributed by atoms with van der Waals surface area (Å²) in [6, 6.07) is 17.0. The van der Waals surface area contributed by atoms with Crippen LogP contribution in [0.3, 0.4) is 0 Å². The number of ether oxygens (including phenoxy) is 2. The van der Waals surface area contributed by atoms with E-state index < -0.39 is 17.2 Å². The highest BCUT2D eigenvalue weighted by molar-refractivity contribution is 6.30. The Hall–Kier alpha value is -4.37. The van der Waals surface area contributed by atoms with Gasteiger partial charge in [0, 0.05) is 17.6 Å². The van der Waals surface area contributed by atoms with Gasteiger partial charge in [-0.25, -0.2) is 14.6 Å². The molecule has 2 heterocycles. The molecule has 10 heteroatoms. The summed E-state index contributed by atoms with van der Waals surface area (Å²) in [6.45, 7) is 6.09. The number of aryl methyl sites for hydroxylation is 1. The molecule has 0 bridgehead atoms. The van der Waals surface area contributed by atoms with Crippen LogP contribution in [0.1, 0.15) is 35.3 Å². The average molecular weight is 535 g/mol. The lowest BCUT2D eigenvalue weighted by atomic mass is 10.2. The topological polar surface area (TPSA) is 104 Å². The fourth-order valence-electron chi connectivity index (χ4n) is 3.81. The molecule has 4 aromatic rings. The lowest BCUT2D eigenvalue weighted by Crippen LogP contribution is -2.40. The molecule has 0 saturated carbocycles. The van der Waals surface area contributed by atoms with E-state index >= 15 is 0 Å². The maximum Gasteiger partial charge on any atom is 0.338 e. The number of anilines is 2. The number of esters is 1. The van der Waals surface area contributed by atoms with Gasteiger partial charge in [-0.2, -0.15) is 0 Å². The first-order valence-electron chi connectivity index (χ1n) is 12.1. The summed E-state index contributed by atoms with van der Waals surface area (Å²) >= 11 is 6.00. The lowest BCUT2D eigenvalue weighted by Gasteiger charge is -2.17. The minimum absolute atomic E-state index is 0.232. The van der Waals surface area contributed by atoms with Gasteiger partial charge in [-0.05, 0) is 68.3 Å². The van der Waals surface area contributed by atoms with Crippen molar-refractivity contribution in [2.24, 2.45) is 0 Å². The van der Waals surface area contributed by atoms with Crippen LogP contribution >= 0.6 is 11.6 Å². The zero-order chi connectivity index (χ0) is 27.2. The molecule has 2 aromatic heterocycles. The summed E-state index contributed by atoms with van der Waals surface area (Å²) in [7, 11) is 0. The number of hydrogen-bond donors (Lipinski definition) is 1. The van der Waals surface area contributed by atoms with Crippen LogP contribution in [-0.2, 0) is 17.8 Å². The Bertz CT molecular complexity index is 1580. The van der Waals surface area contributed by atoms with Crippen molar-refractivity contribution in [3.63, 3.8) is 0 Å². The zero-order valence-electron chi connectivity index (χ0n) is 21.2. The number of pyridine rings is 1. The van der Waals surface area contributed by atoms with Crippen molar-refractivity contribution in [2.45, 2.75) is 33.9 Å². The van der Waals surface area contributed by atoms with Gasteiger partial charge in [-0.15, -0.1) is 0 Å². The Kier molecular flexibility index (Phi) is 8.28. The van der Waals surface area contributed by atoms with Crippen LogP contribution < -0.4 is 21.3 Å². The molecule has 2 aromatic carbocycles. The second-order valence-electron chi connectivity index (χ2n) is 8.42. The Balaban J connectivity index is 1.61. The molecule has 0 radical (unpaired) electrons. The van der Waals surface area contributed by atoms with E-state index in [-0.39, 0.29) is 19.7 Å². The molecule has 1 N–H and O–H groups in total. The number of nitrogens with zero attached hydrogens (tertiary/aromatic N) is 3. The molecule has 4 rings (SSSR count). The van der Waals surface area contributed by atoms with E-state index in [0.29, 0.717) is 33.7 Å². The first-order valence-corrected chi connectivity index (χ1v) is 12.4. The van der Waals surface area contributed by atoms with Gasteiger partial charge in [0.25, 0.3) is 5.56 Å². The smallest absolute Gasteiger partial charge is 0.338 e. The molecular formula is C28H27ClN4O5.